The molecule has 1 N–H and O–H groups in total. The monoisotopic (exact) mass is 313 g/mol. The van der Waals surface area contributed by atoms with E-state index in [2.05, 4.69) is 15.0 Å². The van der Waals surface area contributed by atoms with Gasteiger partial charge in [0.15, 0.2) is 5.16 Å². The molecule has 3 heterocycles. The van der Waals surface area contributed by atoms with Crippen molar-refractivity contribution in [1.29, 1.82) is 0 Å². The molecule has 4 rings (SSSR count). The molecule has 4 aromatic rings. The Hall–Kier alpha value is -2.05. The summed E-state index contributed by atoms with van der Waals surface area (Å²) in [6.45, 7) is 0. The molecule has 0 fully saturated rings. The molecule has 1 unspecified atom stereocenters. The minimum Gasteiger partial charge on any atom is -0.331 e. The quantitative estimate of drug-likeness (QED) is 0.630. The first-order valence-corrected chi connectivity index (χ1v) is 8.65. The summed E-state index contributed by atoms with van der Waals surface area (Å²) >= 11 is 1.67. The van der Waals surface area contributed by atoms with Crippen LogP contribution in [0.15, 0.2) is 53.1 Å². The van der Waals surface area contributed by atoms with Crippen LogP contribution in [0.5, 0.6) is 0 Å². The van der Waals surface area contributed by atoms with E-state index >= 15 is 0 Å². The van der Waals surface area contributed by atoms with E-state index < -0.39 is 10.8 Å². The van der Waals surface area contributed by atoms with Crippen LogP contribution in [0.4, 0.5) is 0 Å². The van der Waals surface area contributed by atoms with Gasteiger partial charge in [-0.05, 0) is 29.6 Å². The number of pyridine rings is 1. The standard InChI is InChI=1S/C15H11N3OS2/c19-21(15-17-11-3-1-2-4-12(11)18-15)9-13-10-6-8-20-14(10)5-7-16-13/h1-8H,9H2,(H,17,18). The maximum absolute atomic E-state index is 12.5. The number of nitrogens with one attached hydrogen (secondary N) is 1. The van der Waals surface area contributed by atoms with Gasteiger partial charge < -0.3 is 4.98 Å². The van der Waals surface area contributed by atoms with Gasteiger partial charge in [-0.2, -0.15) is 0 Å². The molecule has 0 aliphatic carbocycles. The molecule has 0 radical (unpaired) electrons. The number of imidazole rings is 1. The maximum atomic E-state index is 12.5. The van der Waals surface area contributed by atoms with Gasteiger partial charge in [-0.25, -0.2) is 4.98 Å². The fraction of sp³-hybridized carbons (Fsp3) is 0.0667. The molecule has 0 bridgehead atoms. The lowest BCUT2D eigenvalue weighted by atomic mass is 10.3. The van der Waals surface area contributed by atoms with Gasteiger partial charge in [-0.3, -0.25) is 9.19 Å². The Kier molecular flexibility index (Phi) is 3.05. The predicted octanol–water partition coefficient (Wildman–Crippen LogP) is 3.48. The van der Waals surface area contributed by atoms with Crippen LogP contribution in [0, 0.1) is 0 Å². The van der Waals surface area contributed by atoms with Crippen molar-refractivity contribution in [2.24, 2.45) is 0 Å². The lowest BCUT2D eigenvalue weighted by molar-refractivity contribution is 0.677. The van der Waals surface area contributed by atoms with Crippen LogP contribution in [-0.4, -0.2) is 19.2 Å². The molecule has 1 aromatic carbocycles. The number of fused-ring (bicyclic) bond motifs is 2. The van der Waals surface area contributed by atoms with E-state index in [0.717, 1.165) is 22.1 Å². The first-order valence-electron chi connectivity index (χ1n) is 6.45. The van der Waals surface area contributed by atoms with Crippen molar-refractivity contribution in [3.05, 3.63) is 53.7 Å². The highest BCUT2D eigenvalue weighted by Crippen LogP contribution is 2.24. The number of nitrogens with zero attached hydrogens (tertiary/aromatic N) is 2. The number of rotatable bonds is 3. The average molecular weight is 313 g/mol. The Balaban J connectivity index is 1.70. The smallest absolute Gasteiger partial charge is 0.197 e. The zero-order chi connectivity index (χ0) is 14.2. The predicted molar refractivity (Wildman–Crippen MR) is 85.8 cm³/mol. The molecule has 0 saturated heterocycles. The van der Waals surface area contributed by atoms with E-state index in [-0.39, 0.29) is 0 Å². The molecule has 0 aliphatic rings. The molecule has 4 nitrogen and oxygen atoms in total. The highest BCUT2D eigenvalue weighted by Gasteiger charge is 2.13. The first-order chi connectivity index (χ1) is 10.3. The Morgan fingerprint density at radius 1 is 1.19 bits per heavy atom. The summed E-state index contributed by atoms with van der Waals surface area (Å²) in [5.74, 6) is 0.369. The van der Waals surface area contributed by atoms with Crippen molar-refractivity contribution in [3.8, 4) is 0 Å². The molecule has 0 saturated carbocycles. The molecule has 21 heavy (non-hydrogen) atoms. The Bertz CT molecular complexity index is 925. The largest absolute Gasteiger partial charge is 0.331 e. The third-order valence-corrected chi connectivity index (χ3v) is 5.36. The van der Waals surface area contributed by atoms with Crippen LogP contribution in [0.3, 0.4) is 0 Å². The van der Waals surface area contributed by atoms with E-state index in [4.69, 9.17) is 0 Å². The molecule has 104 valence electrons. The van der Waals surface area contributed by atoms with Gasteiger partial charge in [0.1, 0.15) is 0 Å². The number of H-pyrrole nitrogens is 1. The average Bonchev–Trinajstić information content (AvgIpc) is 3.14. The molecule has 0 aliphatic heterocycles. The lowest BCUT2D eigenvalue weighted by Gasteiger charge is -2.00. The molecular weight excluding hydrogens is 302 g/mol. The highest BCUT2D eigenvalue weighted by molar-refractivity contribution is 7.84. The summed E-state index contributed by atoms with van der Waals surface area (Å²) in [4.78, 5) is 11.9. The molecule has 3 aromatic heterocycles. The lowest BCUT2D eigenvalue weighted by Crippen LogP contribution is -2.00. The SMILES string of the molecule is O=S(Cc1nccc2sccc12)c1nc2ccccc2[nH]1. The second-order valence-electron chi connectivity index (χ2n) is 4.64. The van der Waals surface area contributed by atoms with Crippen LogP contribution in [-0.2, 0) is 16.6 Å². The molecule has 0 amide bonds. The second kappa shape index (κ2) is 5.05. The van der Waals surface area contributed by atoms with Gasteiger partial charge in [0, 0.05) is 16.3 Å². The van der Waals surface area contributed by atoms with Crippen molar-refractivity contribution < 1.29 is 4.21 Å². The minimum absolute atomic E-state index is 0.369. The van der Waals surface area contributed by atoms with E-state index in [0.29, 0.717) is 10.9 Å². The second-order valence-corrected chi connectivity index (χ2v) is 6.95. The topological polar surface area (TPSA) is 58.6 Å². The van der Waals surface area contributed by atoms with Gasteiger partial charge in [-0.1, -0.05) is 12.1 Å². The number of aromatic nitrogens is 3. The van der Waals surface area contributed by atoms with Gasteiger partial charge in [0.25, 0.3) is 0 Å². The highest BCUT2D eigenvalue weighted by atomic mass is 32.2. The zero-order valence-electron chi connectivity index (χ0n) is 10.9. The molecular formula is C15H11N3OS2. The van der Waals surface area contributed by atoms with Crippen molar-refractivity contribution in [2.45, 2.75) is 10.9 Å². The number of benzene rings is 1. The number of aromatic amines is 1. The summed E-state index contributed by atoms with van der Waals surface area (Å²) in [7, 11) is -1.23. The Morgan fingerprint density at radius 2 is 2.10 bits per heavy atom. The van der Waals surface area contributed by atoms with Crippen molar-refractivity contribution in [2.75, 3.05) is 0 Å². The third-order valence-electron chi connectivity index (χ3n) is 3.31. The van der Waals surface area contributed by atoms with E-state index in [9.17, 15) is 4.21 Å². The van der Waals surface area contributed by atoms with Crippen LogP contribution < -0.4 is 0 Å². The summed E-state index contributed by atoms with van der Waals surface area (Å²) in [6.07, 6.45) is 1.77. The van der Waals surface area contributed by atoms with Crippen molar-refractivity contribution in [3.63, 3.8) is 0 Å². The fourth-order valence-corrected chi connectivity index (χ4v) is 4.14. The summed E-state index contributed by atoms with van der Waals surface area (Å²) in [5.41, 5.74) is 2.60. The van der Waals surface area contributed by atoms with Crippen molar-refractivity contribution in [1.82, 2.24) is 15.0 Å². The Labute approximate surface area is 127 Å². The number of para-hydroxylation sites is 2. The first kappa shape index (κ1) is 12.7. The van der Waals surface area contributed by atoms with Crippen LogP contribution in [0.25, 0.3) is 21.1 Å². The Morgan fingerprint density at radius 3 is 3.00 bits per heavy atom. The molecule has 0 spiro atoms. The normalized spacial score (nSPS) is 13.0. The van der Waals surface area contributed by atoms with Gasteiger partial charge in [0.2, 0.25) is 0 Å². The number of hydrogen-bond donors (Lipinski definition) is 1. The fourth-order valence-electron chi connectivity index (χ4n) is 2.30. The molecule has 6 heteroatoms. The van der Waals surface area contributed by atoms with Crippen LogP contribution in [0.2, 0.25) is 0 Å². The summed E-state index contributed by atoms with van der Waals surface area (Å²) in [6, 6.07) is 11.7. The van der Waals surface area contributed by atoms with E-state index in [1.807, 2.05) is 41.8 Å². The number of hydrogen-bond acceptors (Lipinski definition) is 4. The molecule has 1 atom stereocenters. The van der Waals surface area contributed by atoms with Crippen LogP contribution in [0.1, 0.15) is 5.69 Å². The summed E-state index contributed by atoms with van der Waals surface area (Å²) in [5, 5.41) is 3.61. The number of thiophene rings is 1. The van der Waals surface area contributed by atoms with Gasteiger partial charge in [0.05, 0.1) is 33.3 Å². The van der Waals surface area contributed by atoms with E-state index in [1.54, 1.807) is 17.5 Å². The van der Waals surface area contributed by atoms with E-state index in [1.165, 1.54) is 4.70 Å². The summed E-state index contributed by atoms with van der Waals surface area (Å²) < 4.78 is 13.7. The van der Waals surface area contributed by atoms with Gasteiger partial charge >= 0.3 is 0 Å². The maximum Gasteiger partial charge on any atom is 0.197 e. The third kappa shape index (κ3) is 2.26. The van der Waals surface area contributed by atoms with Crippen LogP contribution >= 0.6 is 11.3 Å². The van der Waals surface area contributed by atoms with Gasteiger partial charge in [-0.15, -0.1) is 11.3 Å². The minimum atomic E-state index is -1.23. The van der Waals surface area contributed by atoms with Crippen molar-refractivity contribution >= 4 is 43.3 Å². The zero-order valence-corrected chi connectivity index (χ0v) is 12.6.